The van der Waals surface area contributed by atoms with E-state index in [9.17, 15) is 4.79 Å². The Balaban J connectivity index is 1.52. The molecular weight excluding hydrogens is 354 g/mol. The van der Waals surface area contributed by atoms with Gasteiger partial charge in [-0.3, -0.25) is 4.79 Å². The Bertz CT molecular complexity index is 956. The normalized spacial score (nSPS) is 14.2. The van der Waals surface area contributed by atoms with Crippen LogP contribution in [-0.4, -0.2) is 5.91 Å². The molecule has 0 spiro atoms. The van der Waals surface area contributed by atoms with E-state index in [4.69, 9.17) is 17.4 Å². The second kappa shape index (κ2) is 7.89. The van der Waals surface area contributed by atoms with Crippen LogP contribution in [0.5, 0.6) is 5.75 Å². The quantitative estimate of drug-likeness (QED) is 0.604. The van der Waals surface area contributed by atoms with Crippen molar-refractivity contribution in [1.29, 1.82) is 0 Å². The summed E-state index contributed by atoms with van der Waals surface area (Å²) in [4.78, 5) is 11.5. The molecule has 1 unspecified atom stereocenters. The smallest absolute Gasteiger partial charge is 0.224 e. The molecule has 0 bridgehead atoms. The molecule has 3 aromatic carbocycles. The van der Waals surface area contributed by atoms with Crippen molar-refractivity contribution < 1.29 is 9.53 Å². The van der Waals surface area contributed by atoms with E-state index >= 15 is 0 Å². The Labute approximate surface area is 164 Å². The third-order valence-corrected chi connectivity index (χ3v) is 5.41. The van der Waals surface area contributed by atoms with Gasteiger partial charge in [0, 0.05) is 12.1 Å². The van der Waals surface area contributed by atoms with E-state index in [2.05, 4.69) is 29.6 Å². The third-order valence-electron chi connectivity index (χ3n) is 4.83. The Hall–Kier alpha value is -2.72. The zero-order valence-corrected chi connectivity index (χ0v) is 15.8. The number of thiol groups is 1. The lowest BCUT2D eigenvalue weighted by Crippen LogP contribution is -2.18. The summed E-state index contributed by atoms with van der Waals surface area (Å²) < 4.78 is 6.07. The number of rotatable bonds is 5. The van der Waals surface area contributed by atoms with Crippen LogP contribution in [0.2, 0.25) is 0 Å². The Morgan fingerprint density at radius 2 is 1.74 bits per heavy atom. The second-order valence-electron chi connectivity index (χ2n) is 6.67. The number of ether oxygens (including phenoxy) is 1. The lowest BCUT2D eigenvalue weighted by atomic mass is 9.99. The van der Waals surface area contributed by atoms with Crippen LogP contribution >= 0.6 is 12.6 Å². The van der Waals surface area contributed by atoms with Crippen molar-refractivity contribution in [3.05, 3.63) is 95.1 Å². The van der Waals surface area contributed by atoms with E-state index in [1.807, 2.05) is 48.5 Å². The highest BCUT2D eigenvalue weighted by molar-refractivity contribution is 7.80. The summed E-state index contributed by atoms with van der Waals surface area (Å²) in [7, 11) is 0. The summed E-state index contributed by atoms with van der Waals surface area (Å²) >= 11 is 4.84. The van der Waals surface area contributed by atoms with Crippen LogP contribution in [-0.2, 0) is 17.8 Å². The van der Waals surface area contributed by atoms with Gasteiger partial charge >= 0.3 is 0 Å². The van der Waals surface area contributed by atoms with Crippen LogP contribution in [0, 0.1) is 0 Å². The molecule has 4 heteroatoms. The molecule has 136 valence electrons. The summed E-state index contributed by atoms with van der Waals surface area (Å²) in [6, 6.07) is 24.3. The lowest BCUT2D eigenvalue weighted by Gasteiger charge is -2.19. The van der Waals surface area contributed by atoms with Crippen LogP contribution in [0.4, 0.5) is 5.69 Å². The van der Waals surface area contributed by atoms with Crippen molar-refractivity contribution in [2.45, 2.75) is 24.7 Å². The van der Waals surface area contributed by atoms with Gasteiger partial charge in [-0.1, -0.05) is 54.6 Å². The van der Waals surface area contributed by atoms with E-state index in [1.165, 1.54) is 0 Å². The maximum atomic E-state index is 11.5. The number of hydrogen-bond acceptors (Lipinski definition) is 3. The summed E-state index contributed by atoms with van der Waals surface area (Å²) in [5.41, 5.74) is 5.44. The number of carbonyl (C=O) groups is 1. The number of aryl methyl sites for hydroxylation is 1. The van der Waals surface area contributed by atoms with Gasteiger partial charge in [0.05, 0.1) is 5.25 Å². The number of benzene rings is 3. The molecule has 0 radical (unpaired) electrons. The van der Waals surface area contributed by atoms with Gasteiger partial charge in [0.25, 0.3) is 0 Å². The van der Waals surface area contributed by atoms with E-state index in [0.717, 1.165) is 40.1 Å². The fourth-order valence-corrected chi connectivity index (χ4v) is 3.78. The van der Waals surface area contributed by atoms with Gasteiger partial charge in [-0.2, -0.15) is 12.6 Å². The molecule has 1 heterocycles. The Kier molecular flexibility index (Phi) is 5.16. The first-order valence-electron chi connectivity index (χ1n) is 9.07. The Morgan fingerprint density at radius 1 is 0.963 bits per heavy atom. The highest BCUT2D eigenvalue weighted by atomic mass is 32.1. The van der Waals surface area contributed by atoms with Crippen LogP contribution < -0.4 is 10.1 Å². The highest BCUT2D eigenvalue weighted by Crippen LogP contribution is 2.32. The van der Waals surface area contributed by atoms with E-state index in [1.54, 1.807) is 0 Å². The van der Waals surface area contributed by atoms with Gasteiger partial charge in [0.2, 0.25) is 5.91 Å². The maximum Gasteiger partial charge on any atom is 0.224 e. The second-order valence-corrected chi connectivity index (χ2v) is 7.18. The standard InChI is InChI=1S/C23H21NO2S/c25-22-13-10-17-14-19(11-12-21(17)24-22)26-15-18-8-4-5-9-20(18)23(27)16-6-2-1-3-7-16/h1-9,11-12,14,23,27H,10,13,15H2,(H,24,25). The van der Waals surface area contributed by atoms with Crippen molar-refractivity contribution >= 4 is 24.2 Å². The summed E-state index contributed by atoms with van der Waals surface area (Å²) in [6.45, 7) is 0.477. The minimum atomic E-state index is 0.00439. The third kappa shape index (κ3) is 4.01. The van der Waals surface area contributed by atoms with Gasteiger partial charge in [-0.05, 0) is 46.9 Å². The summed E-state index contributed by atoms with van der Waals surface area (Å²) in [6.07, 6.45) is 1.28. The minimum Gasteiger partial charge on any atom is -0.489 e. The fourth-order valence-electron chi connectivity index (χ4n) is 3.36. The molecule has 0 saturated carbocycles. The van der Waals surface area contributed by atoms with E-state index in [0.29, 0.717) is 13.0 Å². The van der Waals surface area contributed by atoms with Gasteiger partial charge in [-0.25, -0.2) is 0 Å². The topological polar surface area (TPSA) is 38.3 Å². The van der Waals surface area contributed by atoms with Crippen molar-refractivity contribution in [3.8, 4) is 5.75 Å². The van der Waals surface area contributed by atoms with Crippen LogP contribution in [0.1, 0.15) is 33.9 Å². The largest absolute Gasteiger partial charge is 0.489 e. The number of carbonyl (C=O) groups excluding carboxylic acids is 1. The average Bonchev–Trinajstić information content (AvgIpc) is 2.72. The molecule has 3 aromatic rings. The van der Waals surface area contributed by atoms with Crippen LogP contribution in [0.3, 0.4) is 0 Å². The maximum absolute atomic E-state index is 11.5. The van der Waals surface area contributed by atoms with Crippen LogP contribution in [0.25, 0.3) is 0 Å². The molecule has 1 aliphatic heterocycles. The van der Waals surface area contributed by atoms with Crippen molar-refractivity contribution in [2.24, 2.45) is 0 Å². The van der Waals surface area contributed by atoms with Crippen LogP contribution in [0.15, 0.2) is 72.8 Å². The number of anilines is 1. The molecule has 0 saturated heterocycles. The zero-order valence-electron chi connectivity index (χ0n) is 14.9. The number of hydrogen-bond donors (Lipinski definition) is 2. The molecule has 1 N–H and O–H groups in total. The predicted molar refractivity (Wildman–Crippen MR) is 111 cm³/mol. The van der Waals surface area contributed by atoms with E-state index < -0.39 is 0 Å². The number of nitrogens with one attached hydrogen (secondary N) is 1. The molecule has 0 fully saturated rings. The fraction of sp³-hybridized carbons (Fsp3) is 0.174. The van der Waals surface area contributed by atoms with Crippen molar-refractivity contribution in [3.63, 3.8) is 0 Å². The zero-order chi connectivity index (χ0) is 18.6. The van der Waals surface area contributed by atoms with Crippen molar-refractivity contribution in [1.82, 2.24) is 0 Å². The first kappa shape index (κ1) is 17.7. The molecule has 27 heavy (non-hydrogen) atoms. The minimum absolute atomic E-state index is 0.00439. The molecule has 4 rings (SSSR count). The average molecular weight is 375 g/mol. The monoisotopic (exact) mass is 375 g/mol. The van der Waals surface area contributed by atoms with Gasteiger partial charge in [-0.15, -0.1) is 0 Å². The van der Waals surface area contributed by atoms with Crippen molar-refractivity contribution in [2.75, 3.05) is 5.32 Å². The first-order valence-corrected chi connectivity index (χ1v) is 9.59. The number of amides is 1. The molecule has 1 aliphatic rings. The predicted octanol–water partition coefficient (Wildman–Crippen LogP) is 5.17. The molecule has 0 aliphatic carbocycles. The molecule has 1 amide bonds. The number of fused-ring (bicyclic) bond motifs is 1. The van der Waals surface area contributed by atoms with E-state index in [-0.39, 0.29) is 11.2 Å². The SMILES string of the molecule is O=C1CCc2cc(OCc3ccccc3C(S)c3ccccc3)ccc2N1. The summed E-state index contributed by atoms with van der Waals surface area (Å²) in [5.74, 6) is 0.890. The molecule has 0 aromatic heterocycles. The molecular formula is C23H21NO2S. The molecule has 1 atom stereocenters. The summed E-state index contributed by atoms with van der Waals surface area (Å²) in [5, 5.41) is 2.90. The lowest BCUT2D eigenvalue weighted by molar-refractivity contribution is -0.116. The van der Waals surface area contributed by atoms with Gasteiger partial charge in [0.1, 0.15) is 12.4 Å². The highest BCUT2D eigenvalue weighted by Gasteiger charge is 2.16. The first-order chi connectivity index (χ1) is 13.2. The van der Waals surface area contributed by atoms with Gasteiger partial charge in [0.15, 0.2) is 0 Å². The molecule has 3 nitrogen and oxygen atoms in total. The van der Waals surface area contributed by atoms with Gasteiger partial charge < -0.3 is 10.1 Å². The Morgan fingerprint density at radius 3 is 2.59 bits per heavy atom.